The van der Waals surface area contributed by atoms with Crippen LogP contribution in [0.1, 0.15) is 65.4 Å². The number of benzene rings is 1. The van der Waals surface area contributed by atoms with Crippen molar-refractivity contribution in [2.45, 2.75) is 70.8 Å². The standard InChI is InChI=1S/C22H33FN2O2/c1-5-6-7-12-24-13-10-22(11-14-24)16-25(20(26)27-21(2,3)4)19-9-8-17(23)15-18(19)22/h8-9,15H,5-7,10-14,16H2,1-4H3. The van der Waals surface area contributed by atoms with Gasteiger partial charge in [-0.1, -0.05) is 19.8 Å². The van der Waals surface area contributed by atoms with E-state index in [1.807, 2.05) is 20.8 Å². The Kier molecular flexibility index (Phi) is 5.80. The van der Waals surface area contributed by atoms with E-state index in [0.717, 1.165) is 43.7 Å². The van der Waals surface area contributed by atoms with Crippen molar-refractivity contribution in [3.05, 3.63) is 29.6 Å². The Morgan fingerprint density at radius 2 is 1.93 bits per heavy atom. The lowest BCUT2D eigenvalue weighted by atomic mass is 9.74. The maximum atomic E-state index is 14.0. The summed E-state index contributed by atoms with van der Waals surface area (Å²) in [7, 11) is 0. The number of carbonyl (C=O) groups excluding carboxylic acids is 1. The van der Waals surface area contributed by atoms with Crippen LogP contribution in [-0.4, -0.2) is 42.8 Å². The molecule has 3 rings (SSSR count). The van der Waals surface area contributed by atoms with Crippen LogP contribution in [0.2, 0.25) is 0 Å². The molecular formula is C22H33FN2O2. The molecule has 2 aliphatic rings. The zero-order valence-electron chi connectivity index (χ0n) is 17.2. The van der Waals surface area contributed by atoms with E-state index in [-0.39, 0.29) is 17.3 Å². The van der Waals surface area contributed by atoms with Gasteiger partial charge in [0, 0.05) is 12.0 Å². The van der Waals surface area contributed by atoms with Crippen LogP contribution in [0.3, 0.4) is 0 Å². The van der Waals surface area contributed by atoms with Crippen molar-refractivity contribution >= 4 is 11.8 Å². The first-order chi connectivity index (χ1) is 12.7. The van der Waals surface area contributed by atoms with Crippen LogP contribution in [0.25, 0.3) is 0 Å². The normalized spacial score (nSPS) is 19.4. The molecule has 1 saturated heterocycles. The SMILES string of the molecule is CCCCCN1CCC2(CC1)CN(C(=O)OC(C)(C)C)c1ccc(F)cc12. The van der Waals surface area contributed by atoms with Gasteiger partial charge in [0.05, 0.1) is 5.69 Å². The van der Waals surface area contributed by atoms with E-state index in [1.165, 1.54) is 25.3 Å². The predicted molar refractivity (Wildman–Crippen MR) is 107 cm³/mol. The van der Waals surface area contributed by atoms with Crippen LogP contribution in [0.15, 0.2) is 18.2 Å². The highest BCUT2D eigenvalue weighted by Crippen LogP contribution is 2.47. The third-order valence-corrected chi connectivity index (χ3v) is 5.79. The van der Waals surface area contributed by atoms with Crippen LogP contribution in [-0.2, 0) is 10.2 Å². The van der Waals surface area contributed by atoms with Gasteiger partial charge in [0.1, 0.15) is 11.4 Å². The zero-order valence-corrected chi connectivity index (χ0v) is 17.2. The molecule has 0 bridgehead atoms. The van der Waals surface area contributed by atoms with E-state index in [0.29, 0.717) is 6.54 Å². The Morgan fingerprint density at radius 3 is 2.56 bits per heavy atom. The summed E-state index contributed by atoms with van der Waals surface area (Å²) in [5.74, 6) is -0.232. The van der Waals surface area contributed by atoms with Gasteiger partial charge >= 0.3 is 6.09 Å². The molecule has 0 N–H and O–H groups in total. The third kappa shape index (κ3) is 4.45. The minimum atomic E-state index is -0.546. The van der Waals surface area contributed by atoms with E-state index >= 15 is 0 Å². The predicted octanol–water partition coefficient (Wildman–Crippen LogP) is 5.10. The largest absolute Gasteiger partial charge is 0.443 e. The fourth-order valence-electron chi connectivity index (χ4n) is 4.34. The minimum absolute atomic E-state index is 0.157. The summed E-state index contributed by atoms with van der Waals surface area (Å²) in [5.41, 5.74) is 1.08. The van der Waals surface area contributed by atoms with Gasteiger partial charge in [0.2, 0.25) is 0 Å². The number of unbranched alkanes of at least 4 members (excludes halogenated alkanes) is 2. The van der Waals surface area contributed by atoms with Gasteiger partial charge in [-0.05, 0) is 83.4 Å². The maximum Gasteiger partial charge on any atom is 0.414 e. The van der Waals surface area contributed by atoms with Crippen molar-refractivity contribution < 1.29 is 13.9 Å². The fourth-order valence-corrected chi connectivity index (χ4v) is 4.34. The average Bonchev–Trinajstić information content (AvgIpc) is 2.90. The molecular weight excluding hydrogens is 343 g/mol. The summed E-state index contributed by atoms with van der Waals surface area (Å²) in [5, 5.41) is 0. The summed E-state index contributed by atoms with van der Waals surface area (Å²) in [4.78, 5) is 17.0. The smallest absolute Gasteiger partial charge is 0.414 e. The Bertz CT molecular complexity index is 675. The van der Waals surface area contributed by atoms with Crippen LogP contribution in [0.5, 0.6) is 0 Å². The van der Waals surface area contributed by atoms with Gasteiger partial charge < -0.3 is 9.64 Å². The van der Waals surface area contributed by atoms with Gasteiger partial charge in [-0.25, -0.2) is 9.18 Å². The highest BCUT2D eigenvalue weighted by atomic mass is 19.1. The van der Waals surface area contributed by atoms with Crippen molar-refractivity contribution in [1.82, 2.24) is 4.90 Å². The van der Waals surface area contributed by atoms with Gasteiger partial charge in [-0.2, -0.15) is 0 Å². The number of nitrogens with zero attached hydrogens (tertiary/aromatic N) is 2. The molecule has 1 aromatic rings. The Balaban J connectivity index is 1.78. The summed E-state index contributed by atoms with van der Waals surface area (Å²) in [6, 6.07) is 4.80. The van der Waals surface area contributed by atoms with Gasteiger partial charge in [0.15, 0.2) is 0 Å². The number of fused-ring (bicyclic) bond motifs is 2. The summed E-state index contributed by atoms with van der Waals surface area (Å²) in [6.07, 6.45) is 5.30. The molecule has 4 nitrogen and oxygen atoms in total. The minimum Gasteiger partial charge on any atom is -0.443 e. The molecule has 27 heavy (non-hydrogen) atoms. The van der Waals surface area contributed by atoms with Crippen molar-refractivity contribution in [3.63, 3.8) is 0 Å². The molecule has 1 amide bonds. The monoisotopic (exact) mass is 376 g/mol. The van der Waals surface area contributed by atoms with Gasteiger partial charge in [-0.15, -0.1) is 0 Å². The Morgan fingerprint density at radius 1 is 1.22 bits per heavy atom. The number of likely N-dealkylation sites (tertiary alicyclic amines) is 1. The molecule has 150 valence electrons. The van der Waals surface area contributed by atoms with Gasteiger partial charge in [0.25, 0.3) is 0 Å². The molecule has 2 aliphatic heterocycles. The second kappa shape index (κ2) is 7.78. The molecule has 2 heterocycles. The number of hydrogen-bond donors (Lipinski definition) is 0. The lowest BCUT2D eigenvalue weighted by Crippen LogP contribution is -2.47. The van der Waals surface area contributed by atoms with Crippen molar-refractivity contribution in [2.24, 2.45) is 0 Å². The molecule has 0 aliphatic carbocycles. The molecule has 0 saturated carbocycles. The highest BCUT2D eigenvalue weighted by molar-refractivity contribution is 5.91. The molecule has 1 spiro atoms. The molecule has 1 aromatic carbocycles. The van der Waals surface area contributed by atoms with Crippen LogP contribution in [0, 0.1) is 5.82 Å². The third-order valence-electron chi connectivity index (χ3n) is 5.79. The molecule has 5 heteroatoms. The van der Waals surface area contributed by atoms with E-state index in [4.69, 9.17) is 4.74 Å². The van der Waals surface area contributed by atoms with Gasteiger partial charge in [-0.3, -0.25) is 4.90 Å². The number of hydrogen-bond acceptors (Lipinski definition) is 3. The number of ether oxygens (including phenoxy) is 1. The second-order valence-electron chi connectivity index (χ2n) is 9.06. The van der Waals surface area contributed by atoms with Crippen LogP contribution < -0.4 is 4.90 Å². The van der Waals surface area contributed by atoms with Crippen molar-refractivity contribution in [1.29, 1.82) is 0 Å². The van der Waals surface area contributed by atoms with Crippen molar-refractivity contribution in [2.75, 3.05) is 31.1 Å². The van der Waals surface area contributed by atoms with Crippen LogP contribution in [0.4, 0.5) is 14.9 Å². The zero-order chi connectivity index (χ0) is 19.7. The second-order valence-corrected chi connectivity index (χ2v) is 9.06. The summed E-state index contributed by atoms with van der Waals surface area (Å²) in [6.45, 7) is 11.6. The lowest BCUT2D eigenvalue weighted by Gasteiger charge is -2.40. The summed E-state index contributed by atoms with van der Waals surface area (Å²) >= 11 is 0. The maximum absolute atomic E-state index is 14.0. The highest BCUT2D eigenvalue weighted by Gasteiger charge is 2.47. The van der Waals surface area contributed by atoms with Crippen molar-refractivity contribution in [3.8, 4) is 0 Å². The van der Waals surface area contributed by atoms with E-state index in [9.17, 15) is 9.18 Å². The van der Waals surface area contributed by atoms with Crippen LogP contribution >= 0.6 is 0 Å². The first-order valence-corrected chi connectivity index (χ1v) is 10.3. The number of halogens is 1. The molecule has 0 aromatic heterocycles. The summed E-state index contributed by atoms with van der Waals surface area (Å²) < 4.78 is 19.6. The van der Waals surface area contributed by atoms with E-state index in [1.54, 1.807) is 17.0 Å². The first kappa shape index (κ1) is 20.1. The number of anilines is 1. The van der Waals surface area contributed by atoms with E-state index in [2.05, 4.69) is 11.8 Å². The molecule has 1 fully saturated rings. The number of amides is 1. The molecule has 0 atom stereocenters. The molecule has 0 radical (unpaired) electrons. The first-order valence-electron chi connectivity index (χ1n) is 10.3. The number of rotatable bonds is 4. The quantitative estimate of drug-likeness (QED) is 0.685. The average molecular weight is 377 g/mol. The Hall–Kier alpha value is -1.62. The number of piperidine rings is 1. The Labute approximate surface area is 162 Å². The van der Waals surface area contributed by atoms with E-state index < -0.39 is 5.60 Å². The lowest BCUT2D eigenvalue weighted by molar-refractivity contribution is 0.0571. The fraction of sp³-hybridized carbons (Fsp3) is 0.682. The molecule has 0 unspecified atom stereocenters. The topological polar surface area (TPSA) is 32.8 Å². The number of carbonyl (C=O) groups is 1.